The molecule has 138 valence electrons. The number of hydrazone groups is 1. The van der Waals surface area contributed by atoms with E-state index in [1.54, 1.807) is 24.4 Å². The average molecular weight is 381 g/mol. The van der Waals surface area contributed by atoms with Gasteiger partial charge in [0.15, 0.2) is 0 Å². The summed E-state index contributed by atoms with van der Waals surface area (Å²) in [7, 11) is 0. The summed E-state index contributed by atoms with van der Waals surface area (Å²) in [6.07, 6.45) is 1.61. The minimum absolute atomic E-state index is 0.103. The summed E-state index contributed by atoms with van der Waals surface area (Å²) < 4.78 is 0. The van der Waals surface area contributed by atoms with Crippen LogP contribution < -0.4 is 5.43 Å². The van der Waals surface area contributed by atoms with Crippen molar-refractivity contribution in [1.29, 1.82) is 0 Å². The summed E-state index contributed by atoms with van der Waals surface area (Å²) in [6.45, 7) is 6.50. The summed E-state index contributed by atoms with van der Waals surface area (Å²) in [4.78, 5) is 12.2. The summed E-state index contributed by atoms with van der Waals surface area (Å²) in [6, 6.07) is 17.0. The summed E-state index contributed by atoms with van der Waals surface area (Å²) >= 11 is 5.89. The van der Waals surface area contributed by atoms with Crippen LogP contribution in [-0.2, 0) is 5.41 Å². The first kappa shape index (κ1) is 18.9. The van der Waals surface area contributed by atoms with Gasteiger partial charge in [0, 0.05) is 10.6 Å². The van der Waals surface area contributed by atoms with Crippen LogP contribution in [-0.4, -0.2) is 22.3 Å². The van der Waals surface area contributed by atoms with Crippen LogP contribution in [0.2, 0.25) is 5.02 Å². The standard InChI is InChI=1S/C21H21ClN4O/c1-21(2,3)16-8-4-14(5-9-16)13-23-26-20(27)19-12-18(24-25-19)15-6-10-17(22)11-7-15/h4-13H,1-3H3,(H,24,25)(H,26,27). The van der Waals surface area contributed by atoms with Crippen LogP contribution in [0, 0.1) is 0 Å². The quantitative estimate of drug-likeness (QED) is 0.504. The molecule has 0 saturated carbocycles. The molecule has 1 aromatic heterocycles. The molecule has 0 bridgehead atoms. The highest BCUT2D eigenvalue weighted by Gasteiger charge is 2.13. The molecule has 0 saturated heterocycles. The van der Waals surface area contributed by atoms with Crippen molar-refractivity contribution in [2.24, 2.45) is 5.10 Å². The molecule has 6 heteroatoms. The molecule has 27 heavy (non-hydrogen) atoms. The van der Waals surface area contributed by atoms with E-state index in [0.717, 1.165) is 11.1 Å². The first-order valence-corrected chi connectivity index (χ1v) is 8.96. The predicted octanol–water partition coefficient (Wildman–Crippen LogP) is 4.79. The van der Waals surface area contributed by atoms with Gasteiger partial charge in [0.2, 0.25) is 0 Å². The number of aromatic nitrogens is 2. The van der Waals surface area contributed by atoms with E-state index in [1.807, 2.05) is 24.3 Å². The number of hydrogen-bond acceptors (Lipinski definition) is 3. The minimum Gasteiger partial charge on any atom is -0.272 e. The van der Waals surface area contributed by atoms with Crippen LogP contribution in [0.5, 0.6) is 0 Å². The second-order valence-electron chi connectivity index (χ2n) is 7.24. The first-order valence-electron chi connectivity index (χ1n) is 8.58. The third-order valence-corrected chi connectivity index (χ3v) is 4.37. The maximum absolute atomic E-state index is 12.2. The Morgan fingerprint density at radius 3 is 2.41 bits per heavy atom. The molecule has 0 atom stereocenters. The Balaban J connectivity index is 1.62. The van der Waals surface area contributed by atoms with Gasteiger partial charge < -0.3 is 0 Å². The number of halogens is 1. The Morgan fingerprint density at radius 1 is 1.11 bits per heavy atom. The van der Waals surface area contributed by atoms with Gasteiger partial charge in [-0.3, -0.25) is 9.89 Å². The van der Waals surface area contributed by atoms with Crippen molar-refractivity contribution in [3.05, 3.63) is 76.4 Å². The van der Waals surface area contributed by atoms with E-state index in [2.05, 4.69) is 53.6 Å². The highest BCUT2D eigenvalue weighted by Crippen LogP contribution is 2.22. The fourth-order valence-electron chi connectivity index (χ4n) is 2.50. The van der Waals surface area contributed by atoms with Crippen molar-refractivity contribution in [1.82, 2.24) is 15.6 Å². The molecule has 5 nitrogen and oxygen atoms in total. The number of benzene rings is 2. The Kier molecular flexibility index (Phi) is 5.42. The number of rotatable bonds is 4. The number of H-pyrrole nitrogens is 1. The van der Waals surface area contributed by atoms with E-state index in [-0.39, 0.29) is 11.3 Å². The zero-order chi connectivity index (χ0) is 19.4. The van der Waals surface area contributed by atoms with Gasteiger partial charge in [-0.25, -0.2) is 5.43 Å². The molecular formula is C21H21ClN4O. The van der Waals surface area contributed by atoms with Crippen molar-refractivity contribution < 1.29 is 4.79 Å². The lowest BCUT2D eigenvalue weighted by atomic mass is 9.87. The predicted molar refractivity (Wildman–Crippen MR) is 109 cm³/mol. The molecule has 3 aromatic rings. The lowest BCUT2D eigenvalue weighted by Crippen LogP contribution is -2.18. The van der Waals surface area contributed by atoms with Crippen LogP contribution in [0.4, 0.5) is 0 Å². The molecule has 0 aliphatic carbocycles. The Hall–Kier alpha value is -2.92. The molecule has 2 N–H and O–H groups in total. The Morgan fingerprint density at radius 2 is 1.78 bits per heavy atom. The fraction of sp³-hybridized carbons (Fsp3) is 0.190. The van der Waals surface area contributed by atoms with Gasteiger partial charge in [-0.05, 0) is 34.7 Å². The monoisotopic (exact) mass is 380 g/mol. The largest absolute Gasteiger partial charge is 0.289 e. The Labute approximate surface area is 163 Å². The van der Waals surface area contributed by atoms with E-state index in [1.165, 1.54) is 5.56 Å². The summed E-state index contributed by atoms with van der Waals surface area (Å²) in [5.41, 5.74) is 6.64. The van der Waals surface area contributed by atoms with Gasteiger partial charge in [-0.2, -0.15) is 10.2 Å². The highest BCUT2D eigenvalue weighted by molar-refractivity contribution is 6.30. The molecule has 0 fully saturated rings. The lowest BCUT2D eigenvalue weighted by Gasteiger charge is -2.18. The van der Waals surface area contributed by atoms with Gasteiger partial charge in [-0.1, -0.05) is 68.8 Å². The zero-order valence-electron chi connectivity index (χ0n) is 15.5. The van der Waals surface area contributed by atoms with Crippen LogP contribution in [0.15, 0.2) is 59.7 Å². The molecule has 1 heterocycles. The van der Waals surface area contributed by atoms with Crippen molar-refractivity contribution in [3.8, 4) is 11.3 Å². The van der Waals surface area contributed by atoms with Gasteiger partial charge in [0.25, 0.3) is 5.91 Å². The zero-order valence-corrected chi connectivity index (χ0v) is 16.2. The molecule has 0 unspecified atom stereocenters. The molecule has 0 aliphatic heterocycles. The minimum atomic E-state index is -0.356. The van der Waals surface area contributed by atoms with Gasteiger partial charge in [0.05, 0.1) is 11.9 Å². The number of carbonyl (C=O) groups excluding carboxylic acids is 1. The number of aromatic amines is 1. The number of amides is 1. The Bertz CT molecular complexity index is 951. The van der Waals surface area contributed by atoms with Crippen LogP contribution in [0.3, 0.4) is 0 Å². The summed E-state index contributed by atoms with van der Waals surface area (Å²) in [5.74, 6) is -0.356. The fourth-order valence-corrected chi connectivity index (χ4v) is 2.63. The number of carbonyl (C=O) groups is 1. The van der Waals surface area contributed by atoms with Crippen molar-refractivity contribution in [2.45, 2.75) is 26.2 Å². The third-order valence-electron chi connectivity index (χ3n) is 4.12. The second kappa shape index (κ2) is 7.76. The number of nitrogens with zero attached hydrogens (tertiary/aromatic N) is 2. The van der Waals surface area contributed by atoms with Crippen LogP contribution in [0.25, 0.3) is 11.3 Å². The molecule has 0 spiro atoms. The number of nitrogens with one attached hydrogen (secondary N) is 2. The molecule has 1 amide bonds. The van der Waals surface area contributed by atoms with Gasteiger partial charge in [-0.15, -0.1) is 0 Å². The third kappa shape index (κ3) is 4.83. The van der Waals surface area contributed by atoms with E-state index in [9.17, 15) is 4.79 Å². The highest BCUT2D eigenvalue weighted by atomic mass is 35.5. The molecule has 0 aliphatic rings. The second-order valence-corrected chi connectivity index (χ2v) is 7.68. The SMILES string of the molecule is CC(C)(C)c1ccc(C=NNC(=O)c2cc(-c3ccc(Cl)cc3)n[nH]2)cc1. The lowest BCUT2D eigenvalue weighted by molar-refractivity contribution is 0.0950. The maximum atomic E-state index is 12.2. The smallest absolute Gasteiger partial charge is 0.272 e. The van der Waals surface area contributed by atoms with E-state index < -0.39 is 0 Å². The number of hydrogen-bond donors (Lipinski definition) is 2. The van der Waals surface area contributed by atoms with Crippen LogP contribution >= 0.6 is 11.6 Å². The van der Waals surface area contributed by atoms with Gasteiger partial charge >= 0.3 is 0 Å². The van der Waals surface area contributed by atoms with Gasteiger partial charge in [0.1, 0.15) is 5.69 Å². The average Bonchev–Trinajstić information content (AvgIpc) is 3.12. The summed E-state index contributed by atoms with van der Waals surface area (Å²) in [5, 5.41) is 11.5. The van der Waals surface area contributed by atoms with E-state index in [0.29, 0.717) is 16.4 Å². The van der Waals surface area contributed by atoms with Crippen molar-refractivity contribution in [2.75, 3.05) is 0 Å². The maximum Gasteiger partial charge on any atom is 0.289 e. The topological polar surface area (TPSA) is 70.1 Å². The molecular weight excluding hydrogens is 360 g/mol. The molecule has 0 radical (unpaired) electrons. The first-order chi connectivity index (χ1) is 12.8. The molecule has 3 rings (SSSR count). The van der Waals surface area contributed by atoms with Crippen LogP contribution in [0.1, 0.15) is 42.4 Å². The van der Waals surface area contributed by atoms with Crippen molar-refractivity contribution in [3.63, 3.8) is 0 Å². The van der Waals surface area contributed by atoms with Crippen molar-refractivity contribution >= 4 is 23.7 Å². The van der Waals surface area contributed by atoms with E-state index >= 15 is 0 Å². The van der Waals surface area contributed by atoms with E-state index in [4.69, 9.17) is 11.6 Å². The molecule has 2 aromatic carbocycles. The normalized spacial score (nSPS) is 11.7.